The average Bonchev–Trinajstić information content (AvgIpc) is 2.70. The second kappa shape index (κ2) is 8.84. The highest BCUT2D eigenvalue weighted by Gasteiger charge is 2.26. The van der Waals surface area contributed by atoms with E-state index in [2.05, 4.69) is 21.6 Å². The van der Waals surface area contributed by atoms with Crippen molar-refractivity contribution < 1.29 is 13.2 Å². The Kier molecular flexibility index (Phi) is 6.49. The normalized spacial score (nSPS) is 17.6. The van der Waals surface area contributed by atoms with Gasteiger partial charge in [-0.25, -0.2) is 13.1 Å². The topological polar surface area (TPSA) is 61.9 Å². The van der Waals surface area contributed by atoms with Crippen LogP contribution < -0.4 is 9.46 Å². The molecule has 1 fully saturated rings. The van der Waals surface area contributed by atoms with Crippen molar-refractivity contribution in [3.05, 3.63) is 60.2 Å². The van der Waals surface area contributed by atoms with E-state index >= 15 is 0 Å². The first-order chi connectivity index (χ1) is 13.0. The number of hydrogen-bond donors (Lipinski definition) is 1. The van der Waals surface area contributed by atoms with Gasteiger partial charge in [0.05, 0.1) is 12.0 Å². The fourth-order valence-electron chi connectivity index (χ4n) is 3.29. The first-order valence-corrected chi connectivity index (χ1v) is 10.6. The van der Waals surface area contributed by atoms with Gasteiger partial charge >= 0.3 is 0 Å². The molecule has 0 unspecified atom stereocenters. The minimum atomic E-state index is -3.54. The van der Waals surface area contributed by atoms with Crippen LogP contribution in [0, 0.1) is 0 Å². The number of nitrogens with zero attached hydrogens (tertiary/aromatic N) is 2. The zero-order valence-electron chi connectivity index (χ0n) is 15.8. The Hall–Kier alpha value is -1.93. The number of ether oxygens (including phenoxy) is 1. The van der Waals surface area contributed by atoms with Crippen molar-refractivity contribution in [2.75, 3.05) is 46.9 Å². The molecule has 6 nitrogen and oxygen atoms in total. The van der Waals surface area contributed by atoms with E-state index in [4.69, 9.17) is 4.74 Å². The number of methoxy groups -OCH3 is 1. The highest BCUT2D eigenvalue weighted by molar-refractivity contribution is 7.89. The standard InChI is InChI=1S/C20H27N3O3S/c1-22-12-14-23(15-13-22)20(17-8-10-18(26-2)11-9-17)16-21-27(24,25)19-6-4-3-5-7-19/h3-11,20-21H,12-16H2,1-2H3/t20-/m1/s1. The summed E-state index contributed by atoms with van der Waals surface area (Å²) >= 11 is 0. The van der Waals surface area contributed by atoms with E-state index in [1.807, 2.05) is 30.3 Å². The summed E-state index contributed by atoms with van der Waals surface area (Å²) in [7, 11) is 0.211. The van der Waals surface area contributed by atoms with Crippen LogP contribution in [-0.4, -0.2) is 65.1 Å². The molecule has 1 atom stereocenters. The average molecular weight is 390 g/mol. The number of benzene rings is 2. The first kappa shape index (κ1) is 19.8. The minimum absolute atomic E-state index is 0.0249. The Bertz CT molecular complexity index is 817. The lowest BCUT2D eigenvalue weighted by atomic mass is 10.0. The van der Waals surface area contributed by atoms with Gasteiger partial charge in [-0.3, -0.25) is 4.90 Å². The van der Waals surface area contributed by atoms with Gasteiger partial charge in [-0.1, -0.05) is 30.3 Å². The van der Waals surface area contributed by atoms with Crippen LogP contribution >= 0.6 is 0 Å². The number of sulfonamides is 1. The third-order valence-corrected chi connectivity index (χ3v) is 6.44. The molecular weight excluding hydrogens is 362 g/mol. The molecule has 27 heavy (non-hydrogen) atoms. The summed E-state index contributed by atoms with van der Waals surface area (Å²) < 4.78 is 33.3. The maximum absolute atomic E-state index is 12.6. The lowest BCUT2D eigenvalue weighted by molar-refractivity contribution is 0.113. The molecule has 0 aromatic heterocycles. The Morgan fingerprint density at radius 1 is 1.00 bits per heavy atom. The van der Waals surface area contributed by atoms with Crippen molar-refractivity contribution in [3.8, 4) is 5.75 Å². The van der Waals surface area contributed by atoms with Crippen LogP contribution in [0.2, 0.25) is 0 Å². The lowest BCUT2D eigenvalue weighted by Crippen LogP contribution is -2.48. The maximum atomic E-state index is 12.6. The monoisotopic (exact) mass is 389 g/mol. The first-order valence-electron chi connectivity index (χ1n) is 9.11. The van der Waals surface area contributed by atoms with E-state index in [1.54, 1.807) is 31.4 Å². The Balaban J connectivity index is 1.79. The summed E-state index contributed by atoms with van der Waals surface area (Å²) in [6, 6.07) is 16.3. The van der Waals surface area contributed by atoms with E-state index in [9.17, 15) is 8.42 Å². The quantitative estimate of drug-likeness (QED) is 0.784. The molecule has 0 saturated carbocycles. The summed E-state index contributed by atoms with van der Waals surface area (Å²) in [5.41, 5.74) is 1.08. The third kappa shape index (κ3) is 5.07. The molecular formula is C20H27N3O3S. The van der Waals surface area contributed by atoms with Crippen LogP contribution in [0.1, 0.15) is 11.6 Å². The van der Waals surface area contributed by atoms with E-state index < -0.39 is 10.0 Å². The van der Waals surface area contributed by atoms with Crippen molar-refractivity contribution >= 4 is 10.0 Å². The zero-order valence-corrected chi connectivity index (χ0v) is 16.7. The van der Waals surface area contributed by atoms with E-state index in [1.165, 1.54) is 0 Å². The molecule has 1 N–H and O–H groups in total. The smallest absolute Gasteiger partial charge is 0.240 e. The van der Waals surface area contributed by atoms with E-state index in [-0.39, 0.29) is 10.9 Å². The molecule has 0 radical (unpaired) electrons. The van der Waals surface area contributed by atoms with Crippen LogP contribution in [0.15, 0.2) is 59.5 Å². The van der Waals surface area contributed by atoms with Crippen molar-refractivity contribution in [3.63, 3.8) is 0 Å². The third-order valence-electron chi connectivity index (χ3n) is 5.00. The van der Waals surface area contributed by atoms with Gasteiger partial charge < -0.3 is 9.64 Å². The molecule has 1 heterocycles. The Morgan fingerprint density at radius 3 is 2.22 bits per heavy atom. The molecule has 0 aliphatic carbocycles. The SMILES string of the molecule is COc1ccc([C@@H](CNS(=O)(=O)c2ccccc2)N2CCN(C)CC2)cc1. The maximum Gasteiger partial charge on any atom is 0.240 e. The number of rotatable bonds is 7. The number of piperazine rings is 1. The largest absolute Gasteiger partial charge is 0.497 e. The van der Waals surface area contributed by atoms with Gasteiger partial charge in [0.1, 0.15) is 5.75 Å². The predicted molar refractivity (Wildman–Crippen MR) is 106 cm³/mol. The van der Waals surface area contributed by atoms with Crippen LogP contribution in [0.5, 0.6) is 5.75 Å². The second-order valence-corrected chi connectivity index (χ2v) is 8.56. The molecule has 3 rings (SSSR count). The van der Waals surface area contributed by atoms with Gasteiger partial charge in [-0.2, -0.15) is 0 Å². The number of nitrogens with one attached hydrogen (secondary N) is 1. The molecule has 1 aliphatic rings. The van der Waals surface area contributed by atoms with Crippen LogP contribution in [-0.2, 0) is 10.0 Å². The molecule has 0 spiro atoms. The summed E-state index contributed by atoms with van der Waals surface area (Å²) in [6.07, 6.45) is 0. The van der Waals surface area contributed by atoms with Gasteiger partial charge in [0.15, 0.2) is 0 Å². The van der Waals surface area contributed by atoms with Gasteiger partial charge in [0.2, 0.25) is 10.0 Å². The Morgan fingerprint density at radius 2 is 1.63 bits per heavy atom. The van der Waals surface area contributed by atoms with Crippen molar-refractivity contribution in [1.29, 1.82) is 0 Å². The number of hydrogen-bond acceptors (Lipinski definition) is 5. The minimum Gasteiger partial charge on any atom is -0.497 e. The second-order valence-electron chi connectivity index (χ2n) is 6.79. The van der Waals surface area contributed by atoms with Crippen LogP contribution in [0.3, 0.4) is 0 Å². The molecule has 1 aliphatic heterocycles. The van der Waals surface area contributed by atoms with E-state index in [0.29, 0.717) is 6.54 Å². The van der Waals surface area contributed by atoms with Gasteiger partial charge in [0, 0.05) is 38.8 Å². The highest BCUT2D eigenvalue weighted by Crippen LogP contribution is 2.24. The fraction of sp³-hybridized carbons (Fsp3) is 0.400. The number of likely N-dealkylation sites (N-methyl/N-ethyl adjacent to an activating group) is 1. The van der Waals surface area contributed by atoms with Crippen molar-refractivity contribution in [2.45, 2.75) is 10.9 Å². The predicted octanol–water partition coefficient (Wildman–Crippen LogP) is 1.96. The summed E-state index contributed by atoms with van der Waals surface area (Å²) in [5, 5.41) is 0. The van der Waals surface area contributed by atoms with Crippen molar-refractivity contribution in [2.24, 2.45) is 0 Å². The summed E-state index contributed by atoms with van der Waals surface area (Å²) in [4.78, 5) is 4.92. The molecule has 0 bridgehead atoms. The van der Waals surface area contributed by atoms with Crippen molar-refractivity contribution in [1.82, 2.24) is 14.5 Å². The van der Waals surface area contributed by atoms with Crippen LogP contribution in [0.25, 0.3) is 0 Å². The summed E-state index contributed by atoms with van der Waals surface area (Å²) in [6.45, 7) is 4.07. The van der Waals surface area contributed by atoms with Gasteiger partial charge in [-0.05, 0) is 36.9 Å². The molecule has 7 heteroatoms. The zero-order chi connectivity index (χ0) is 19.3. The molecule has 1 saturated heterocycles. The Labute approximate surface area is 161 Å². The molecule has 2 aromatic rings. The lowest BCUT2D eigenvalue weighted by Gasteiger charge is -2.38. The van der Waals surface area contributed by atoms with Gasteiger partial charge in [-0.15, -0.1) is 0 Å². The van der Waals surface area contributed by atoms with Crippen LogP contribution in [0.4, 0.5) is 0 Å². The summed E-state index contributed by atoms with van der Waals surface area (Å²) in [5.74, 6) is 0.792. The molecule has 2 aromatic carbocycles. The van der Waals surface area contributed by atoms with E-state index in [0.717, 1.165) is 37.5 Å². The fourth-order valence-corrected chi connectivity index (χ4v) is 4.35. The van der Waals surface area contributed by atoms with Gasteiger partial charge in [0.25, 0.3) is 0 Å². The molecule has 146 valence electrons. The highest BCUT2D eigenvalue weighted by atomic mass is 32.2. The molecule has 0 amide bonds.